The lowest BCUT2D eigenvalue weighted by Gasteiger charge is -2.35. The maximum absolute atomic E-state index is 5.89. The van der Waals surface area contributed by atoms with E-state index in [4.69, 9.17) is 11.6 Å². The van der Waals surface area contributed by atoms with Gasteiger partial charge < -0.3 is 9.80 Å². The van der Waals surface area contributed by atoms with Gasteiger partial charge in [-0.1, -0.05) is 11.6 Å². The molecule has 0 aromatic carbocycles. The van der Waals surface area contributed by atoms with E-state index in [-0.39, 0.29) is 0 Å². The fourth-order valence-electron chi connectivity index (χ4n) is 2.71. The van der Waals surface area contributed by atoms with Gasteiger partial charge in [-0.2, -0.15) is 5.10 Å². The second-order valence-electron chi connectivity index (χ2n) is 5.28. The first-order chi connectivity index (χ1) is 9.15. The van der Waals surface area contributed by atoms with Crippen LogP contribution in [0.3, 0.4) is 0 Å². The van der Waals surface area contributed by atoms with Gasteiger partial charge in [-0.3, -0.25) is 5.10 Å². The monoisotopic (exact) mass is 279 g/mol. The van der Waals surface area contributed by atoms with Crippen LogP contribution < -0.4 is 4.90 Å². The van der Waals surface area contributed by atoms with Crippen molar-refractivity contribution in [2.24, 2.45) is 0 Å². The van der Waals surface area contributed by atoms with E-state index in [0.717, 1.165) is 29.8 Å². The van der Waals surface area contributed by atoms with Gasteiger partial charge in [0.15, 0.2) is 5.82 Å². The molecule has 0 saturated carbocycles. The number of fused-ring (bicyclic) bond motifs is 1. The first kappa shape index (κ1) is 12.7. The highest BCUT2D eigenvalue weighted by Gasteiger charge is 2.23. The van der Waals surface area contributed by atoms with E-state index in [9.17, 15) is 0 Å². The standard InChI is InChI=1S/C13H18ClN5/c1-18(2)9-3-5-19(6-4-9)13-10-8-15-12(14)7-11(10)16-17-13/h7-9H,3-6H2,1-2H3,(H,16,17). The predicted octanol–water partition coefficient (Wildman–Crippen LogP) is 2.14. The van der Waals surface area contributed by atoms with Crippen LogP contribution in [0.15, 0.2) is 12.3 Å². The fraction of sp³-hybridized carbons (Fsp3) is 0.538. The van der Waals surface area contributed by atoms with Crippen molar-refractivity contribution < 1.29 is 0 Å². The van der Waals surface area contributed by atoms with Crippen LogP contribution in [-0.4, -0.2) is 53.3 Å². The summed E-state index contributed by atoms with van der Waals surface area (Å²) in [6.07, 6.45) is 4.14. The van der Waals surface area contributed by atoms with Crippen LogP contribution in [0.2, 0.25) is 5.15 Å². The molecule has 0 radical (unpaired) electrons. The molecule has 102 valence electrons. The van der Waals surface area contributed by atoms with E-state index in [1.807, 2.05) is 6.07 Å². The Bertz CT molecular complexity index is 571. The molecule has 1 aliphatic heterocycles. The zero-order valence-electron chi connectivity index (χ0n) is 11.2. The summed E-state index contributed by atoms with van der Waals surface area (Å²) in [5, 5.41) is 9.00. The van der Waals surface area contributed by atoms with Gasteiger partial charge in [0.2, 0.25) is 0 Å². The molecular formula is C13H18ClN5. The predicted molar refractivity (Wildman–Crippen MR) is 77.8 cm³/mol. The van der Waals surface area contributed by atoms with Crippen molar-refractivity contribution in [3.63, 3.8) is 0 Å². The van der Waals surface area contributed by atoms with Crippen LogP contribution in [0.5, 0.6) is 0 Å². The van der Waals surface area contributed by atoms with Crippen molar-refractivity contribution in [2.75, 3.05) is 32.1 Å². The molecule has 1 fully saturated rings. The molecule has 2 aromatic rings. The van der Waals surface area contributed by atoms with E-state index in [1.165, 1.54) is 12.8 Å². The smallest absolute Gasteiger partial charge is 0.159 e. The topological polar surface area (TPSA) is 48.0 Å². The summed E-state index contributed by atoms with van der Waals surface area (Å²) in [7, 11) is 4.30. The zero-order chi connectivity index (χ0) is 13.4. The molecule has 2 aromatic heterocycles. The maximum Gasteiger partial charge on any atom is 0.159 e. The largest absolute Gasteiger partial charge is 0.354 e. The van der Waals surface area contributed by atoms with E-state index in [1.54, 1.807) is 6.20 Å². The highest BCUT2D eigenvalue weighted by atomic mass is 35.5. The molecule has 0 spiro atoms. The number of anilines is 1. The maximum atomic E-state index is 5.89. The molecule has 1 aliphatic rings. The molecule has 19 heavy (non-hydrogen) atoms. The number of halogens is 1. The average Bonchev–Trinajstić information content (AvgIpc) is 2.81. The summed E-state index contributed by atoms with van der Waals surface area (Å²) in [4.78, 5) is 8.78. The zero-order valence-corrected chi connectivity index (χ0v) is 12.0. The molecule has 0 unspecified atom stereocenters. The van der Waals surface area contributed by atoms with Crippen molar-refractivity contribution in [3.8, 4) is 0 Å². The Morgan fingerprint density at radius 1 is 1.37 bits per heavy atom. The third-order valence-corrected chi connectivity index (χ3v) is 4.09. The second kappa shape index (κ2) is 4.98. The Hall–Kier alpha value is -1.33. The number of nitrogens with one attached hydrogen (secondary N) is 1. The third-order valence-electron chi connectivity index (χ3n) is 3.89. The number of H-pyrrole nitrogens is 1. The summed E-state index contributed by atoms with van der Waals surface area (Å²) in [6.45, 7) is 2.07. The average molecular weight is 280 g/mol. The van der Waals surface area contributed by atoms with E-state index >= 15 is 0 Å². The van der Waals surface area contributed by atoms with Crippen LogP contribution in [0.25, 0.3) is 10.9 Å². The van der Waals surface area contributed by atoms with Crippen molar-refractivity contribution in [1.82, 2.24) is 20.1 Å². The summed E-state index contributed by atoms with van der Waals surface area (Å²) in [5.41, 5.74) is 0.949. The minimum absolute atomic E-state index is 0.494. The minimum atomic E-state index is 0.494. The third kappa shape index (κ3) is 2.40. The Kier molecular flexibility index (Phi) is 3.33. The number of piperidine rings is 1. The fourth-order valence-corrected chi connectivity index (χ4v) is 2.87. The molecule has 0 atom stereocenters. The van der Waals surface area contributed by atoms with Gasteiger partial charge in [-0.25, -0.2) is 4.98 Å². The number of pyridine rings is 1. The minimum Gasteiger partial charge on any atom is -0.354 e. The number of rotatable bonds is 2. The second-order valence-corrected chi connectivity index (χ2v) is 5.67. The molecule has 0 amide bonds. The summed E-state index contributed by atoms with van der Waals surface area (Å²) >= 11 is 5.89. The van der Waals surface area contributed by atoms with Crippen LogP contribution in [0.4, 0.5) is 5.82 Å². The van der Waals surface area contributed by atoms with Crippen LogP contribution in [0.1, 0.15) is 12.8 Å². The number of nitrogens with zero attached hydrogens (tertiary/aromatic N) is 4. The highest BCUT2D eigenvalue weighted by Crippen LogP contribution is 2.27. The van der Waals surface area contributed by atoms with Crippen LogP contribution in [0, 0.1) is 0 Å². The number of aromatic amines is 1. The summed E-state index contributed by atoms with van der Waals surface area (Å²) in [5.74, 6) is 0.997. The molecule has 0 aliphatic carbocycles. The number of hydrogen-bond donors (Lipinski definition) is 1. The first-order valence-corrected chi connectivity index (χ1v) is 6.94. The Balaban J connectivity index is 1.82. The molecule has 3 rings (SSSR count). The summed E-state index contributed by atoms with van der Waals surface area (Å²) in [6, 6.07) is 2.49. The van der Waals surface area contributed by atoms with Crippen LogP contribution in [-0.2, 0) is 0 Å². The van der Waals surface area contributed by atoms with Gasteiger partial charge >= 0.3 is 0 Å². The van der Waals surface area contributed by atoms with Crippen molar-refractivity contribution in [1.29, 1.82) is 0 Å². The van der Waals surface area contributed by atoms with E-state index in [0.29, 0.717) is 11.2 Å². The molecule has 6 heteroatoms. The molecule has 1 N–H and O–H groups in total. The highest BCUT2D eigenvalue weighted by molar-refractivity contribution is 6.30. The lowest BCUT2D eigenvalue weighted by molar-refractivity contribution is 0.249. The lowest BCUT2D eigenvalue weighted by Crippen LogP contribution is -2.42. The van der Waals surface area contributed by atoms with Gasteiger partial charge in [0.1, 0.15) is 5.15 Å². The molecule has 3 heterocycles. The van der Waals surface area contributed by atoms with Gasteiger partial charge in [0, 0.05) is 31.4 Å². The molecule has 1 saturated heterocycles. The number of aromatic nitrogens is 3. The quantitative estimate of drug-likeness (QED) is 0.856. The number of hydrogen-bond acceptors (Lipinski definition) is 4. The molecule has 0 bridgehead atoms. The Labute approximate surface area is 117 Å². The Morgan fingerprint density at radius 3 is 2.79 bits per heavy atom. The van der Waals surface area contributed by atoms with Gasteiger partial charge in [-0.15, -0.1) is 0 Å². The van der Waals surface area contributed by atoms with Crippen molar-refractivity contribution in [2.45, 2.75) is 18.9 Å². The first-order valence-electron chi connectivity index (χ1n) is 6.56. The van der Waals surface area contributed by atoms with Crippen molar-refractivity contribution >= 4 is 28.3 Å². The normalized spacial score (nSPS) is 17.6. The molecular weight excluding hydrogens is 262 g/mol. The van der Waals surface area contributed by atoms with Gasteiger partial charge in [-0.05, 0) is 26.9 Å². The molecule has 5 nitrogen and oxygen atoms in total. The van der Waals surface area contributed by atoms with Crippen LogP contribution >= 0.6 is 11.6 Å². The SMILES string of the molecule is CN(C)C1CCN(c2n[nH]c3cc(Cl)ncc23)CC1. The lowest BCUT2D eigenvalue weighted by atomic mass is 10.0. The van der Waals surface area contributed by atoms with E-state index < -0.39 is 0 Å². The summed E-state index contributed by atoms with van der Waals surface area (Å²) < 4.78 is 0. The van der Waals surface area contributed by atoms with Gasteiger partial charge in [0.25, 0.3) is 0 Å². The Morgan fingerprint density at radius 2 is 2.11 bits per heavy atom. The van der Waals surface area contributed by atoms with Crippen molar-refractivity contribution in [3.05, 3.63) is 17.4 Å². The van der Waals surface area contributed by atoms with Gasteiger partial charge in [0.05, 0.1) is 10.9 Å². The van der Waals surface area contributed by atoms with E-state index in [2.05, 4.69) is 39.1 Å².